The number of allylic oxidation sites excluding steroid dienone is 2. The summed E-state index contributed by atoms with van der Waals surface area (Å²) in [4.78, 5) is 15.8. The highest BCUT2D eigenvalue weighted by Gasteiger charge is 2.30. The van der Waals surface area contributed by atoms with E-state index < -0.39 is 29.0 Å². The van der Waals surface area contributed by atoms with Crippen LogP contribution in [0.15, 0.2) is 58.3 Å². The van der Waals surface area contributed by atoms with Crippen LogP contribution in [-0.4, -0.2) is 30.4 Å². The number of halogens is 2. The molecule has 11 heteroatoms. The number of thiazole rings is 1. The smallest absolute Gasteiger partial charge is 0.355 e. The summed E-state index contributed by atoms with van der Waals surface area (Å²) < 4.78 is 43.0. The highest BCUT2D eigenvalue weighted by molar-refractivity contribution is 7.89. The SMILES string of the molecule is N[S+]([O-])c1ccc(Cc2c(-c3ccc(F)c(C#CC4=CCCC4)c3)nn(-c3nc(C(=O)O)cs3)c2CC2CC2)cc1F. The number of hydrogen-bond donors (Lipinski definition) is 2. The maximum absolute atomic E-state index is 14.9. The molecule has 1 unspecified atom stereocenters. The second-order valence-electron chi connectivity index (χ2n) is 10.5. The predicted molar refractivity (Wildman–Crippen MR) is 157 cm³/mol. The largest absolute Gasteiger partial charge is 0.593 e. The number of nitrogens with zero attached hydrogens (tertiary/aromatic N) is 3. The van der Waals surface area contributed by atoms with Crippen LogP contribution in [0.1, 0.15) is 65.0 Å². The van der Waals surface area contributed by atoms with Gasteiger partial charge in [0.25, 0.3) is 0 Å². The Bertz CT molecular complexity index is 1780. The fourth-order valence-electron chi connectivity index (χ4n) is 5.05. The van der Waals surface area contributed by atoms with Gasteiger partial charge in [0.05, 0.1) is 28.3 Å². The first-order valence-corrected chi connectivity index (χ1v) is 15.6. The van der Waals surface area contributed by atoms with E-state index >= 15 is 0 Å². The zero-order valence-corrected chi connectivity index (χ0v) is 24.0. The van der Waals surface area contributed by atoms with E-state index in [0.29, 0.717) is 34.3 Å². The third-order valence-electron chi connectivity index (χ3n) is 7.39. The van der Waals surface area contributed by atoms with Gasteiger partial charge in [0, 0.05) is 22.9 Å². The standard InChI is InChI=1S/C31H26F2N4O3S2/c32-24-11-10-22(16-21(24)9-7-18-3-1-2-4-18)29-23(13-20-8-12-28(42(34)40)25(33)14-20)27(15-19-5-6-19)37(36-29)31-35-26(17-41-31)30(38)39/h3,8,10-12,14,16-17,19H,1-2,4-6,13,15,34H2,(H,38,39). The van der Waals surface area contributed by atoms with E-state index in [1.807, 2.05) is 0 Å². The molecule has 0 spiro atoms. The summed E-state index contributed by atoms with van der Waals surface area (Å²) in [6.45, 7) is 0. The third kappa shape index (κ3) is 6.03. The van der Waals surface area contributed by atoms with Crippen LogP contribution in [0.25, 0.3) is 16.4 Å². The van der Waals surface area contributed by atoms with E-state index in [0.717, 1.165) is 60.3 Å². The van der Waals surface area contributed by atoms with Crippen molar-refractivity contribution in [2.75, 3.05) is 0 Å². The molecule has 1 atom stereocenters. The number of carbonyl (C=O) groups is 1. The average molecular weight is 605 g/mol. The summed E-state index contributed by atoms with van der Waals surface area (Å²) >= 11 is -0.799. The van der Waals surface area contributed by atoms with E-state index in [1.54, 1.807) is 22.9 Å². The van der Waals surface area contributed by atoms with Gasteiger partial charge in [0.1, 0.15) is 5.82 Å². The van der Waals surface area contributed by atoms with Gasteiger partial charge >= 0.3 is 5.97 Å². The van der Waals surface area contributed by atoms with Crippen LogP contribution in [0.3, 0.4) is 0 Å². The topological polar surface area (TPSA) is 117 Å². The van der Waals surface area contributed by atoms with Gasteiger partial charge in [-0.2, -0.15) is 5.10 Å². The fourth-order valence-corrected chi connectivity index (χ4v) is 6.27. The molecule has 4 aromatic rings. The first kappa shape index (κ1) is 28.3. The summed E-state index contributed by atoms with van der Waals surface area (Å²) in [5.41, 5.74) is 4.57. The van der Waals surface area contributed by atoms with Crippen molar-refractivity contribution >= 4 is 28.7 Å². The van der Waals surface area contributed by atoms with Crippen LogP contribution in [0.2, 0.25) is 0 Å². The summed E-state index contributed by atoms with van der Waals surface area (Å²) in [6.07, 6.45) is 8.01. The Morgan fingerprint density at radius 2 is 2.02 bits per heavy atom. The lowest BCUT2D eigenvalue weighted by Gasteiger charge is -2.10. The van der Waals surface area contributed by atoms with Gasteiger partial charge in [-0.25, -0.2) is 23.2 Å². The highest BCUT2D eigenvalue weighted by Crippen LogP contribution is 2.38. The first-order chi connectivity index (χ1) is 20.3. The molecule has 42 heavy (non-hydrogen) atoms. The molecule has 1 fully saturated rings. The highest BCUT2D eigenvalue weighted by atomic mass is 32.2. The van der Waals surface area contributed by atoms with E-state index in [9.17, 15) is 23.2 Å². The van der Waals surface area contributed by atoms with E-state index in [4.69, 9.17) is 10.2 Å². The number of aromatic nitrogens is 3. The maximum Gasteiger partial charge on any atom is 0.355 e. The molecule has 0 saturated heterocycles. The molecule has 2 aromatic carbocycles. The van der Waals surface area contributed by atoms with Crippen molar-refractivity contribution in [1.82, 2.24) is 14.8 Å². The number of aromatic carboxylic acids is 1. The number of carboxylic acid groups (broad SMARTS) is 1. The number of hydrogen-bond acceptors (Lipinski definition) is 6. The van der Waals surface area contributed by atoms with Crippen LogP contribution in [-0.2, 0) is 24.2 Å². The summed E-state index contributed by atoms with van der Waals surface area (Å²) in [5.74, 6) is 4.24. The van der Waals surface area contributed by atoms with Gasteiger partial charge in [-0.1, -0.05) is 24.0 Å². The van der Waals surface area contributed by atoms with Gasteiger partial charge in [-0.3, -0.25) is 0 Å². The fraction of sp³-hybridized carbons (Fsp3) is 0.258. The molecule has 0 bridgehead atoms. The molecule has 1 saturated carbocycles. The molecule has 7 nitrogen and oxygen atoms in total. The number of benzene rings is 2. The van der Waals surface area contributed by atoms with Crippen LogP contribution < -0.4 is 5.14 Å². The lowest BCUT2D eigenvalue weighted by Crippen LogP contribution is -2.14. The number of nitrogens with two attached hydrogens (primary N) is 1. The van der Waals surface area contributed by atoms with Crippen molar-refractivity contribution in [2.45, 2.75) is 49.8 Å². The van der Waals surface area contributed by atoms with Crippen LogP contribution >= 0.6 is 11.3 Å². The molecule has 0 amide bonds. The molecule has 2 aliphatic carbocycles. The van der Waals surface area contributed by atoms with Gasteiger partial charge in [0.2, 0.25) is 10.0 Å². The van der Waals surface area contributed by atoms with Crippen LogP contribution in [0.4, 0.5) is 8.78 Å². The molecule has 6 rings (SSSR count). The van der Waals surface area contributed by atoms with Crippen LogP contribution in [0.5, 0.6) is 0 Å². The van der Waals surface area contributed by atoms with Crippen molar-refractivity contribution in [3.63, 3.8) is 0 Å². The van der Waals surface area contributed by atoms with Gasteiger partial charge in [0.15, 0.2) is 11.5 Å². The number of carboxylic acids is 1. The number of rotatable bonds is 8. The predicted octanol–water partition coefficient (Wildman–Crippen LogP) is 5.96. The second-order valence-corrected chi connectivity index (χ2v) is 12.3. The minimum Gasteiger partial charge on any atom is -0.593 e. The zero-order chi connectivity index (χ0) is 29.4. The van der Waals surface area contributed by atoms with Crippen molar-refractivity contribution < 1.29 is 23.2 Å². The molecule has 0 radical (unpaired) electrons. The van der Waals surface area contributed by atoms with Gasteiger partial charge < -0.3 is 9.66 Å². The van der Waals surface area contributed by atoms with E-state index in [1.165, 1.54) is 23.6 Å². The quantitative estimate of drug-likeness (QED) is 0.189. The zero-order valence-electron chi connectivity index (χ0n) is 22.4. The second kappa shape index (κ2) is 11.8. The molecule has 3 N–H and O–H groups in total. The average Bonchev–Trinajstić information content (AvgIpc) is 3.30. The Hall–Kier alpha value is -3.82. The molecule has 214 valence electrons. The van der Waals surface area contributed by atoms with E-state index in [2.05, 4.69) is 22.9 Å². The van der Waals surface area contributed by atoms with Crippen molar-refractivity contribution in [1.29, 1.82) is 0 Å². The van der Waals surface area contributed by atoms with Gasteiger partial charge in [-0.05, 0) is 85.9 Å². The Labute approximate surface area is 248 Å². The molecule has 0 aliphatic heterocycles. The summed E-state index contributed by atoms with van der Waals surface area (Å²) in [7, 11) is 0. The minimum atomic E-state index is -1.96. The van der Waals surface area contributed by atoms with Crippen molar-refractivity contribution in [2.24, 2.45) is 11.1 Å². The Kier molecular flexibility index (Phi) is 7.96. The van der Waals surface area contributed by atoms with Crippen LogP contribution in [0, 0.1) is 29.4 Å². The Morgan fingerprint density at radius 1 is 1.19 bits per heavy atom. The summed E-state index contributed by atoms with van der Waals surface area (Å²) in [6, 6.07) is 9.06. The first-order valence-electron chi connectivity index (χ1n) is 13.5. The lowest BCUT2D eigenvalue weighted by molar-refractivity contribution is 0.0691. The molecule has 2 aliphatic rings. The maximum atomic E-state index is 14.9. The summed E-state index contributed by atoms with van der Waals surface area (Å²) in [5, 5.41) is 21.6. The molecule has 2 heterocycles. The Morgan fingerprint density at radius 3 is 2.69 bits per heavy atom. The third-order valence-corrected chi connectivity index (χ3v) is 8.97. The molecule has 2 aromatic heterocycles. The normalized spacial score (nSPS) is 15.3. The van der Waals surface area contributed by atoms with Gasteiger partial charge in [-0.15, -0.1) is 16.5 Å². The van der Waals surface area contributed by atoms with Crippen molar-refractivity contribution in [3.8, 4) is 28.2 Å². The molecular weight excluding hydrogens is 578 g/mol. The molecular formula is C31H26F2N4O3S2. The van der Waals surface area contributed by atoms with E-state index in [-0.39, 0.29) is 22.6 Å². The Balaban J connectivity index is 1.50. The minimum absolute atomic E-state index is 0.0843. The lowest BCUT2D eigenvalue weighted by atomic mass is 9.96. The van der Waals surface area contributed by atoms with Crippen molar-refractivity contribution in [3.05, 3.63) is 93.1 Å². The monoisotopic (exact) mass is 604 g/mol.